The zero-order chi connectivity index (χ0) is 13.2. The number of aryl methyl sites for hydroxylation is 1. The van der Waals surface area contributed by atoms with Crippen LogP contribution in [0.5, 0.6) is 0 Å². The highest BCUT2D eigenvalue weighted by Crippen LogP contribution is 2.07. The summed E-state index contributed by atoms with van der Waals surface area (Å²) in [5, 5.41) is 3.07. The molecule has 1 fully saturated rings. The molecule has 7 heteroatoms. The molecule has 0 saturated carbocycles. The Morgan fingerprint density at radius 1 is 1.61 bits per heavy atom. The number of ketones is 1. The zero-order valence-electron chi connectivity index (χ0n) is 10.3. The molecular formula is C11H17N3O3S. The number of nitrogens with zero attached hydrogens (tertiary/aromatic N) is 2. The molecule has 1 aliphatic heterocycles. The SMILES string of the molecule is Cn1ccnc1CC(=O)CC1CS(=O)(=O)CCN1. The molecule has 1 aliphatic rings. The van der Waals surface area contributed by atoms with Gasteiger partial charge in [0.1, 0.15) is 11.6 Å². The number of Topliss-reactive ketones (excluding diaryl/α,β-unsaturated/α-hetero) is 1. The van der Waals surface area contributed by atoms with Crippen molar-refractivity contribution in [3.63, 3.8) is 0 Å². The van der Waals surface area contributed by atoms with Crippen LogP contribution >= 0.6 is 0 Å². The van der Waals surface area contributed by atoms with Gasteiger partial charge in [0.2, 0.25) is 0 Å². The Labute approximate surface area is 106 Å². The number of carbonyl (C=O) groups is 1. The largest absolute Gasteiger partial charge is 0.338 e. The molecule has 100 valence electrons. The molecule has 2 rings (SSSR count). The first kappa shape index (κ1) is 13.2. The minimum Gasteiger partial charge on any atom is -0.338 e. The van der Waals surface area contributed by atoms with Crippen LogP contribution < -0.4 is 5.32 Å². The van der Waals surface area contributed by atoms with E-state index >= 15 is 0 Å². The topological polar surface area (TPSA) is 81.1 Å². The average Bonchev–Trinajstić information content (AvgIpc) is 2.62. The minimum absolute atomic E-state index is 0.0129. The lowest BCUT2D eigenvalue weighted by Crippen LogP contribution is -2.46. The maximum absolute atomic E-state index is 11.9. The van der Waals surface area contributed by atoms with E-state index in [1.165, 1.54) is 0 Å². The van der Waals surface area contributed by atoms with Gasteiger partial charge in [0.05, 0.1) is 17.9 Å². The summed E-state index contributed by atoms with van der Waals surface area (Å²) in [6, 6.07) is -0.253. The van der Waals surface area contributed by atoms with Crippen LogP contribution in [0.2, 0.25) is 0 Å². The third kappa shape index (κ3) is 3.39. The van der Waals surface area contributed by atoms with Crippen molar-refractivity contribution in [3.05, 3.63) is 18.2 Å². The highest BCUT2D eigenvalue weighted by atomic mass is 32.2. The molecule has 0 radical (unpaired) electrons. The number of sulfone groups is 1. The van der Waals surface area contributed by atoms with Crippen molar-refractivity contribution in [2.45, 2.75) is 18.9 Å². The summed E-state index contributed by atoms with van der Waals surface area (Å²) < 4.78 is 24.7. The van der Waals surface area contributed by atoms with Gasteiger partial charge in [-0.1, -0.05) is 0 Å². The first-order chi connectivity index (χ1) is 8.46. The lowest BCUT2D eigenvalue weighted by molar-refractivity contribution is -0.118. The fourth-order valence-corrected chi connectivity index (χ4v) is 3.53. The van der Waals surface area contributed by atoms with Gasteiger partial charge in [-0.05, 0) is 0 Å². The van der Waals surface area contributed by atoms with Crippen molar-refractivity contribution in [2.75, 3.05) is 18.1 Å². The summed E-state index contributed by atoms with van der Waals surface area (Å²) in [5.74, 6) is 0.939. The Morgan fingerprint density at radius 3 is 3.00 bits per heavy atom. The van der Waals surface area contributed by atoms with Crippen molar-refractivity contribution in [3.8, 4) is 0 Å². The lowest BCUT2D eigenvalue weighted by Gasteiger charge is -2.22. The van der Waals surface area contributed by atoms with Crippen LogP contribution in [-0.2, 0) is 28.1 Å². The molecule has 0 spiro atoms. The van der Waals surface area contributed by atoms with Gasteiger partial charge in [-0.15, -0.1) is 0 Å². The average molecular weight is 271 g/mol. The normalized spacial score (nSPS) is 22.8. The fourth-order valence-electron chi connectivity index (χ4n) is 2.09. The second kappa shape index (κ2) is 5.19. The van der Waals surface area contributed by atoms with E-state index in [4.69, 9.17) is 0 Å². The van der Waals surface area contributed by atoms with E-state index in [1.54, 1.807) is 17.0 Å². The second-order valence-corrected chi connectivity index (χ2v) is 6.87. The summed E-state index contributed by atoms with van der Waals surface area (Å²) in [6.45, 7) is 0.433. The molecule has 1 N–H and O–H groups in total. The molecule has 0 aliphatic carbocycles. The zero-order valence-corrected chi connectivity index (χ0v) is 11.1. The van der Waals surface area contributed by atoms with Crippen LogP contribution in [0.1, 0.15) is 12.2 Å². The Morgan fingerprint density at radius 2 is 2.39 bits per heavy atom. The van der Waals surface area contributed by atoms with Crippen molar-refractivity contribution >= 4 is 15.6 Å². The standard InChI is InChI=1S/C11H17N3O3S/c1-14-4-2-13-11(14)7-10(15)6-9-8-18(16,17)5-3-12-9/h2,4,9,12H,3,5-8H2,1H3. The first-order valence-electron chi connectivity index (χ1n) is 5.88. The predicted octanol–water partition coefficient (Wildman–Crippen LogP) is -0.692. The van der Waals surface area contributed by atoms with Gasteiger partial charge in [-0.3, -0.25) is 4.79 Å². The fraction of sp³-hybridized carbons (Fsp3) is 0.636. The summed E-state index contributed by atoms with van der Waals surface area (Å²) in [6.07, 6.45) is 3.92. The van der Waals surface area contributed by atoms with Gasteiger partial charge >= 0.3 is 0 Å². The van der Waals surface area contributed by atoms with Crippen LogP contribution in [0.25, 0.3) is 0 Å². The van der Waals surface area contributed by atoms with E-state index in [0.29, 0.717) is 12.4 Å². The summed E-state index contributed by atoms with van der Waals surface area (Å²) in [7, 11) is -1.15. The van der Waals surface area contributed by atoms with E-state index in [9.17, 15) is 13.2 Å². The van der Waals surface area contributed by atoms with Crippen LogP contribution in [0.15, 0.2) is 12.4 Å². The maximum Gasteiger partial charge on any atom is 0.153 e. The number of aromatic nitrogens is 2. The molecule has 0 amide bonds. The summed E-state index contributed by atoms with van der Waals surface area (Å²) in [5.41, 5.74) is 0. The molecule has 1 aromatic heterocycles. The number of nitrogens with one attached hydrogen (secondary N) is 1. The first-order valence-corrected chi connectivity index (χ1v) is 7.70. The van der Waals surface area contributed by atoms with Crippen molar-refractivity contribution in [1.82, 2.24) is 14.9 Å². The molecule has 0 bridgehead atoms. The van der Waals surface area contributed by atoms with Crippen LogP contribution in [0.4, 0.5) is 0 Å². The number of rotatable bonds is 4. The molecule has 2 heterocycles. The highest BCUT2D eigenvalue weighted by Gasteiger charge is 2.26. The van der Waals surface area contributed by atoms with E-state index < -0.39 is 9.84 Å². The summed E-state index contributed by atoms with van der Waals surface area (Å²) in [4.78, 5) is 15.9. The molecule has 0 aromatic carbocycles. The van der Waals surface area contributed by atoms with Crippen LogP contribution in [0.3, 0.4) is 0 Å². The summed E-state index contributed by atoms with van der Waals surface area (Å²) >= 11 is 0. The third-order valence-corrected chi connectivity index (χ3v) is 4.79. The Bertz CT molecular complexity index is 535. The smallest absolute Gasteiger partial charge is 0.153 e. The predicted molar refractivity (Wildman–Crippen MR) is 67.0 cm³/mol. The number of hydrogen-bond donors (Lipinski definition) is 1. The van der Waals surface area contributed by atoms with E-state index in [0.717, 1.165) is 0 Å². The molecular weight excluding hydrogens is 254 g/mol. The highest BCUT2D eigenvalue weighted by molar-refractivity contribution is 7.91. The quantitative estimate of drug-likeness (QED) is 0.784. The van der Waals surface area contributed by atoms with E-state index in [-0.39, 0.29) is 36.2 Å². The Hall–Kier alpha value is -1.21. The molecule has 1 atom stereocenters. The molecule has 18 heavy (non-hydrogen) atoms. The number of imidazole rings is 1. The van der Waals surface area contributed by atoms with Gasteiger partial charge < -0.3 is 9.88 Å². The Kier molecular flexibility index (Phi) is 3.82. The Balaban J connectivity index is 1.90. The van der Waals surface area contributed by atoms with E-state index in [1.807, 2.05) is 7.05 Å². The van der Waals surface area contributed by atoms with Crippen LogP contribution in [-0.4, -0.2) is 47.8 Å². The number of hydrogen-bond acceptors (Lipinski definition) is 5. The van der Waals surface area contributed by atoms with Gasteiger partial charge in [-0.25, -0.2) is 13.4 Å². The van der Waals surface area contributed by atoms with Gasteiger partial charge in [0.15, 0.2) is 9.84 Å². The molecule has 1 unspecified atom stereocenters. The molecule has 1 saturated heterocycles. The van der Waals surface area contributed by atoms with Crippen molar-refractivity contribution in [1.29, 1.82) is 0 Å². The third-order valence-electron chi connectivity index (χ3n) is 3.05. The molecule has 1 aromatic rings. The number of carbonyl (C=O) groups excluding carboxylic acids is 1. The molecule has 6 nitrogen and oxygen atoms in total. The van der Waals surface area contributed by atoms with E-state index in [2.05, 4.69) is 10.3 Å². The monoisotopic (exact) mass is 271 g/mol. The maximum atomic E-state index is 11.9. The van der Waals surface area contributed by atoms with Crippen molar-refractivity contribution < 1.29 is 13.2 Å². The lowest BCUT2D eigenvalue weighted by atomic mass is 10.1. The van der Waals surface area contributed by atoms with Crippen LogP contribution in [0, 0.1) is 0 Å². The van der Waals surface area contributed by atoms with Gasteiger partial charge in [0.25, 0.3) is 0 Å². The minimum atomic E-state index is -2.98. The van der Waals surface area contributed by atoms with Gasteiger partial charge in [0, 0.05) is 38.4 Å². The van der Waals surface area contributed by atoms with Crippen molar-refractivity contribution in [2.24, 2.45) is 7.05 Å². The second-order valence-electron chi connectivity index (χ2n) is 4.64. The van der Waals surface area contributed by atoms with Gasteiger partial charge in [-0.2, -0.15) is 0 Å².